The minimum absolute atomic E-state index is 0.0150. The number of methoxy groups -OCH3 is 1. The number of hydrogen-bond donors (Lipinski definition) is 1. The summed E-state index contributed by atoms with van der Waals surface area (Å²) in [5, 5.41) is 11.9. The van der Waals surface area contributed by atoms with Crippen LogP contribution in [0.5, 0.6) is 11.6 Å². The Kier molecular flexibility index (Phi) is 6.68. The van der Waals surface area contributed by atoms with Crippen LogP contribution in [0.15, 0.2) is 30.7 Å². The summed E-state index contributed by atoms with van der Waals surface area (Å²) in [6.45, 7) is 6.85. The molecule has 1 aliphatic heterocycles. The van der Waals surface area contributed by atoms with E-state index in [-0.39, 0.29) is 23.5 Å². The van der Waals surface area contributed by atoms with Crippen LogP contribution in [0.4, 0.5) is 10.3 Å². The van der Waals surface area contributed by atoms with Crippen molar-refractivity contribution in [2.24, 2.45) is 5.92 Å². The summed E-state index contributed by atoms with van der Waals surface area (Å²) in [6.07, 6.45) is 2.73. The molecule has 0 aliphatic carbocycles. The van der Waals surface area contributed by atoms with E-state index in [9.17, 15) is 4.79 Å². The lowest BCUT2D eigenvalue weighted by Crippen LogP contribution is -2.53. The molecular weight excluding hydrogens is 429 g/mol. The number of benzene rings is 1. The largest absolute Gasteiger partial charge is 0.481 e. The monoisotopic (exact) mass is 453 g/mol. The third kappa shape index (κ3) is 4.87. The number of anilines is 1. The quantitative estimate of drug-likeness (QED) is 0.533. The van der Waals surface area contributed by atoms with Gasteiger partial charge in [-0.25, -0.2) is 19.3 Å². The second-order valence-electron chi connectivity index (χ2n) is 7.88. The third-order valence-corrected chi connectivity index (χ3v) is 5.47. The molecule has 0 unspecified atom stereocenters. The molecule has 11 heteroatoms. The van der Waals surface area contributed by atoms with E-state index < -0.39 is 5.82 Å². The van der Waals surface area contributed by atoms with Crippen LogP contribution >= 0.6 is 0 Å². The van der Waals surface area contributed by atoms with Crippen molar-refractivity contribution in [2.45, 2.75) is 19.9 Å². The number of carbonyl (C=O) groups excluding carboxylic acids is 1. The molecule has 0 saturated carbocycles. The average molecular weight is 453 g/mol. The van der Waals surface area contributed by atoms with E-state index >= 15 is 4.39 Å². The zero-order chi connectivity index (χ0) is 23.4. The van der Waals surface area contributed by atoms with E-state index in [0.717, 1.165) is 19.6 Å². The average Bonchev–Trinajstić information content (AvgIpc) is 2.84. The molecular formula is C22H24FN7O3. The van der Waals surface area contributed by atoms with E-state index in [2.05, 4.69) is 44.3 Å². The predicted molar refractivity (Wildman–Crippen MR) is 118 cm³/mol. The van der Waals surface area contributed by atoms with Crippen LogP contribution in [0.3, 0.4) is 0 Å². The van der Waals surface area contributed by atoms with Gasteiger partial charge in [0.15, 0.2) is 0 Å². The second-order valence-corrected chi connectivity index (χ2v) is 7.88. The highest BCUT2D eigenvalue weighted by molar-refractivity contribution is 5.75. The molecule has 1 aromatic carbocycles. The molecule has 1 saturated heterocycles. The van der Waals surface area contributed by atoms with Crippen LogP contribution in [0.2, 0.25) is 0 Å². The lowest BCUT2D eigenvalue weighted by Gasteiger charge is -2.35. The van der Waals surface area contributed by atoms with Crippen molar-refractivity contribution >= 4 is 12.4 Å². The van der Waals surface area contributed by atoms with Gasteiger partial charge < -0.3 is 19.7 Å². The second kappa shape index (κ2) is 9.82. The highest BCUT2D eigenvalue weighted by atomic mass is 19.1. The van der Waals surface area contributed by atoms with Crippen LogP contribution in [0.1, 0.15) is 13.8 Å². The number of nitrogens with zero attached hydrogens (tertiary/aromatic N) is 6. The van der Waals surface area contributed by atoms with Gasteiger partial charge in [0.1, 0.15) is 23.6 Å². The Morgan fingerprint density at radius 3 is 2.73 bits per heavy atom. The number of carbonyl (C=O) groups is 1. The summed E-state index contributed by atoms with van der Waals surface area (Å²) in [5.41, 5.74) is 0.919. The Morgan fingerprint density at radius 1 is 1.18 bits per heavy atom. The first-order valence-electron chi connectivity index (χ1n) is 10.5. The van der Waals surface area contributed by atoms with Crippen molar-refractivity contribution in [1.82, 2.24) is 30.5 Å². The van der Waals surface area contributed by atoms with Crippen LogP contribution in [0, 0.1) is 11.7 Å². The zero-order valence-corrected chi connectivity index (χ0v) is 18.5. The molecule has 3 aromatic rings. The third-order valence-electron chi connectivity index (χ3n) is 5.47. The van der Waals surface area contributed by atoms with Gasteiger partial charge in [-0.3, -0.25) is 4.79 Å². The number of ether oxygens (including phenoxy) is 2. The van der Waals surface area contributed by atoms with Gasteiger partial charge in [-0.2, -0.15) is 0 Å². The van der Waals surface area contributed by atoms with E-state index in [1.807, 2.05) is 4.90 Å². The highest BCUT2D eigenvalue weighted by Crippen LogP contribution is 2.35. The maximum Gasteiger partial charge on any atom is 0.298 e. The van der Waals surface area contributed by atoms with Gasteiger partial charge in [0, 0.05) is 37.3 Å². The molecule has 0 amide bonds. The first-order chi connectivity index (χ1) is 16.0. The normalized spacial score (nSPS) is 16.0. The molecule has 172 valence electrons. The molecule has 0 radical (unpaired) electrons. The molecule has 1 fully saturated rings. The SMILES string of the molecule is COc1cc(-c2cc(F)c(-c3cnc(N4CCN[C@@H](C(C)C)C4)nn3)c(OC=O)c2)ncn1. The number of halogens is 1. The Balaban J connectivity index is 1.66. The summed E-state index contributed by atoms with van der Waals surface area (Å²) in [5.74, 6) is 0.566. The minimum atomic E-state index is -0.659. The Morgan fingerprint density at radius 2 is 2.03 bits per heavy atom. The number of aromatic nitrogens is 5. The van der Waals surface area contributed by atoms with Gasteiger partial charge >= 0.3 is 0 Å². The number of piperazine rings is 1. The number of rotatable bonds is 7. The lowest BCUT2D eigenvalue weighted by molar-refractivity contribution is -0.120. The van der Waals surface area contributed by atoms with E-state index in [0.29, 0.717) is 35.0 Å². The fourth-order valence-electron chi connectivity index (χ4n) is 3.67. The van der Waals surface area contributed by atoms with E-state index in [1.165, 1.54) is 31.8 Å². The maximum atomic E-state index is 15.2. The molecule has 1 atom stereocenters. The van der Waals surface area contributed by atoms with Crippen LogP contribution in [0.25, 0.3) is 22.5 Å². The number of nitrogens with one attached hydrogen (secondary N) is 1. The standard InChI is InChI=1S/C22H24FN7O3/c1-13(2)18-10-30(5-4-24-18)22-25-9-17(28-29-22)21-15(23)6-14(7-19(21)33-12-31)16-8-20(32-3)27-11-26-16/h6-9,11-13,18,24H,4-5,10H2,1-3H3/t18-/m1/s1. The molecule has 0 spiro atoms. The van der Waals surface area contributed by atoms with Crippen molar-refractivity contribution < 1.29 is 18.7 Å². The summed E-state index contributed by atoms with van der Waals surface area (Å²) < 4.78 is 25.4. The van der Waals surface area contributed by atoms with Crippen molar-refractivity contribution in [2.75, 3.05) is 31.6 Å². The summed E-state index contributed by atoms with van der Waals surface area (Å²) >= 11 is 0. The number of hydrogen-bond acceptors (Lipinski definition) is 10. The Hall–Kier alpha value is -3.73. The maximum absolute atomic E-state index is 15.2. The van der Waals surface area contributed by atoms with Gasteiger partial charge in [-0.1, -0.05) is 13.8 Å². The van der Waals surface area contributed by atoms with Crippen LogP contribution in [-0.2, 0) is 4.79 Å². The first-order valence-corrected chi connectivity index (χ1v) is 10.5. The topological polar surface area (TPSA) is 115 Å². The highest BCUT2D eigenvalue weighted by Gasteiger charge is 2.24. The van der Waals surface area contributed by atoms with Crippen LogP contribution < -0.4 is 19.7 Å². The lowest BCUT2D eigenvalue weighted by atomic mass is 10.0. The van der Waals surface area contributed by atoms with E-state index in [4.69, 9.17) is 9.47 Å². The van der Waals surface area contributed by atoms with Crippen molar-refractivity contribution in [3.05, 3.63) is 36.5 Å². The predicted octanol–water partition coefficient (Wildman–Crippen LogP) is 2.11. The molecule has 3 heterocycles. The molecule has 1 aliphatic rings. The van der Waals surface area contributed by atoms with Gasteiger partial charge in [0.05, 0.1) is 24.6 Å². The summed E-state index contributed by atoms with van der Waals surface area (Å²) in [7, 11) is 1.47. The molecule has 10 nitrogen and oxygen atoms in total. The fraction of sp³-hybridized carbons (Fsp3) is 0.364. The summed E-state index contributed by atoms with van der Waals surface area (Å²) in [6, 6.07) is 4.63. The van der Waals surface area contributed by atoms with Gasteiger partial charge in [0.25, 0.3) is 6.47 Å². The van der Waals surface area contributed by atoms with Crippen molar-refractivity contribution in [3.63, 3.8) is 0 Å². The van der Waals surface area contributed by atoms with Crippen LogP contribution in [-0.4, -0.2) is 64.4 Å². The molecule has 33 heavy (non-hydrogen) atoms. The van der Waals surface area contributed by atoms with Gasteiger partial charge in [-0.15, -0.1) is 10.2 Å². The molecule has 1 N–H and O–H groups in total. The molecule has 0 bridgehead atoms. The van der Waals surface area contributed by atoms with Crippen molar-refractivity contribution in [1.29, 1.82) is 0 Å². The minimum Gasteiger partial charge on any atom is -0.481 e. The van der Waals surface area contributed by atoms with E-state index in [1.54, 1.807) is 6.07 Å². The zero-order valence-electron chi connectivity index (χ0n) is 18.5. The van der Waals surface area contributed by atoms with Gasteiger partial charge in [0.2, 0.25) is 11.8 Å². The summed E-state index contributed by atoms with van der Waals surface area (Å²) in [4.78, 5) is 25.6. The smallest absolute Gasteiger partial charge is 0.298 e. The Bertz CT molecular complexity index is 1130. The Labute approximate surface area is 190 Å². The van der Waals surface area contributed by atoms with Crippen molar-refractivity contribution in [3.8, 4) is 34.1 Å². The fourth-order valence-corrected chi connectivity index (χ4v) is 3.67. The molecule has 4 rings (SSSR count). The van der Waals surface area contributed by atoms with Gasteiger partial charge in [-0.05, 0) is 18.1 Å². The molecule has 2 aromatic heterocycles. The first kappa shape index (κ1) is 22.5.